The number of fused-ring (bicyclic) bond motifs is 1. The zero-order valence-electron chi connectivity index (χ0n) is 17.9. The zero-order valence-corrected chi connectivity index (χ0v) is 19.6. The van der Waals surface area contributed by atoms with Gasteiger partial charge in [-0.2, -0.15) is 0 Å². The molecule has 3 aliphatic rings. The number of quaternary nitrogens is 1. The molecule has 0 aliphatic carbocycles. The lowest BCUT2D eigenvalue weighted by atomic mass is 9.89. The number of thioether (sulfide) groups is 1. The highest BCUT2D eigenvalue weighted by atomic mass is 32.2. The molecule has 10 nitrogen and oxygen atoms in total. The van der Waals surface area contributed by atoms with Crippen molar-refractivity contribution in [1.29, 1.82) is 0 Å². The third-order valence-electron chi connectivity index (χ3n) is 6.20. The van der Waals surface area contributed by atoms with Gasteiger partial charge < -0.3 is 20.2 Å². The number of ketones is 1. The summed E-state index contributed by atoms with van der Waals surface area (Å²) in [5.41, 5.74) is 6.85. The number of thiazole rings is 1. The van der Waals surface area contributed by atoms with Crippen LogP contribution in [0.5, 0.6) is 0 Å². The third-order valence-corrected chi connectivity index (χ3v) is 8.26. The number of β-lactam (4-membered cyclic amide) rings is 1. The molecule has 0 spiro atoms. The van der Waals surface area contributed by atoms with E-state index >= 15 is 0 Å². The summed E-state index contributed by atoms with van der Waals surface area (Å²) in [5, 5.41) is 15.2. The van der Waals surface area contributed by atoms with E-state index < -0.39 is 17.7 Å². The lowest BCUT2D eigenvalue weighted by Crippen LogP contribution is -2.62. The van der Waals surface area contributed by atoms with Gasteiger partial charge in [-0.15, -0.1) is 23.1 Å². The predicted molar refractivity (Wildman–Crippen MR) is 121 cm³/mol. The Morgan fingerprint density at radius 1 is 1.41 bits per heavy atom. The Morgan fingerprint density at radius 2 is 2.12 bits per heavy atom. The summed E-state index contributed by atoms with van der Waals surface area (Å²) in [6.07, 6.45) is 2.16. The molecule has 172 valence electrons. The maximum absolute atomic E-state index is 13.0. The summed E-state index contributed by atoms with van der Waals surface area (Å²) in [5.74, 6) is -1.90. The minimum atomic E-state index is -1.09. The first kappa shape index (κ1) is 22.7. The van der Waals surface area contributed by atoms with E-state index in [-0.39, 0.29) is 29.1 Å². The average Bonchev–Trinajstić information content (AvgIpc) is 3.37. The minimum Gasteiger partial charge on any atom is -0.477 e. The van der Waals surface area contributed by atoms with Crippen LogP contribution in [0.25, 0.3) is 0 Å². The van der Waals surface area contributed by atoms with E-state index in [0.29, 0.717) is 23.1 Å². The van der Waals surface area contributed by atoms with Crippen molar-refractivity contribution in [2.75, 3.05) is 45.3 Å². The van der Waals surface area contributed by atoms with Gasteiger partial charge in [-0.25, -0.2) is 9.78 Å². The number of carboxylic acids is 1. The molecule has 2 fully saturated rings. The van der Waals surface area contributed by atoms with Gasteiger partial charge in [0.05, 0.1) is 31.4 Å². The number of hydrogen-bond acceptors (Lipinski definition) is 9. The van der Waals surface area contributed by atoms with E-state index in [0.717, 1.165) is 36.0 Å². The molecule has 0 saturated carbocycles. The minimum absolute atomic E-state index is 0.00802. The molecule has 0 bridgehead atoms. The van der Waals surface area contributed by atoms with Gasteiger partial charge in [0.2, 0.25) is 5.91 Å². The van der Waals surface area contributed by atoms with E-state index in [1.54, 1.807) is 5.38 Å². The summed E-state index contributed by atoms with van der Waals surface area (Å²) >= 11 is 2.70. The number of aliphatic carboxylic acids is 1. The van der Waals surface area contributed by atoms with Crippen molar-refractivity contribution in [2.24, 2.45) is 11.1 Å². The van der Waals surface area contributed by atoms with Gasteiger partial charge in [0.1, 0.15) is 25.0 Å². The molecule has 32 heavy (non-hydrogen) atoms. The Bertz CT molecular complexity index is 1010. The molecule has 4 rings (SSSR count). The van der Waals surface area contributed by atoms with Gasteiger partial charge in [-0.1, -0.05) is 5.16 Å². The summed E-state index contributed by atoms with van der Waals surface area (Å²) in [6.45, 7) is 2.65. The number of aromatic nitrogens is 1. The second-order valence-electron chi connectivity index (χ2n) is 8.53. The Hall–Kier alpha value is -2.44. The van der Waals surface area contributed by atoms with Crippen LogP contribution >= 0.6 is 23.1 Å². The number of carbonyl (C=O) groups excluding carboxylic acids is 2. The van der Waals surface area contributed by atoms with Crippen molar-refractivity contribution in [3.63, 3.8) is 0 Å². The van der Waals surface area contributed by atoms with Crippen LogP contribution in [0.2, 0.25) is 0 Å². The SMILES string of the molecule is CO/N=C(\C(=O)CC1C(=O)N2C(C(=O)O)=C(C[N+]3(C)CCCC3)CSC12)c1csc(N)n1. The van der Waals surface area contributed by atoms with Gasteiger partial charge >= 0.3 is 5.97 Å². The van der Waals surface area contributed by atoms with Gasteiger partial charge in [0.25, 0.3) is 0 Å². The van der Waals surface area contributed by atoms with Crippen LogP contribution in [-0.4, -0.2) is 87.8 Å². The van der Waals surface area contributed by atoms with Gasteiger partial charge in [0.15, 0.2) is 16.6 Å². The number of amides is 1. The van der Waals surface area contributed by atoms with Crippen LogP contribution in [0.15, 0.2) is 21.8 Å². The average molecular weight is 481 g/mol. The van der Waals surface area contributed by atoms with Crippen molar-refractivity contribution in [3.8, 4) is 0 Å². The standard InChI is InChI=1S/C20H25N5O5S2/c1-25(5-3-4-6-25)8-11-9-31-18-12(17(27)24(18)16(11)19(28)29)7-14(26)15(23-30-2)13-10-32-20(21)22-13/h10,12,18H,3-9H2,1-2H3,(H2-,21,22,28,29)/p+1/b23-15-. The molecular formula is C20H26N5O5S2+. The largest absolute Gasteiger partial charge is 0.477 e. The highest BCUT2D eigenvalue weighted by Gasteiger charge is 2.54. The molecule has 4 heterocycles. The zero-order chi connectivity index (χ0) is 23.0. The maximum atomic E-state index is 13.0. The molecule has 2 atom stereocenters. The van der Waals surface area contributed by atoms with Crippen LogP contribution in [0.1, 0.15) is 25.0 Å². The highest BCUT2D eigenvalue weighted by Crippen LogP contribution is 2.45. The topological polar surface area (TPSA) is 135 Å². The summed E-state index contributed by atoms with van der Waals surface area (Å²) < 4.78 is 0.800. The molecular weight excluding hydrogens is 454 g/mol. The Kier molecular flexibility index (Phi) is 6.28. The number of oxime groups is 1. The third kappa shape index (κ3) is 4.14. The Morgan fingerprint density at radius 3 is 2.72 bits per heavy atom. The van der Waals surface area contributed by atoms with Crippen LogP contribution in [0.3, 0.4) is 0 Å². The molecule has 0 radical (unpaired) electrons. The highest BCUT2D eigenvalue weighted by molar-refractivity contribution is 8.00. The number of nitrogen functional groups attached to an aromatic ring is 1. The molecule has 1 amide bonds. The second kappa shape index (κ2) is 8.83. The number of rotatable bonds is 8. The molecule has 12 heteroatoms. The van der Waals surface area contributed by atoms with Crippen molar-refractivity contribution in [1.82, 2.24) is 9.88 Å². The van der Waals surface area contributed by atoms with Crippen LogP contribution in [-0.2, 0) is 19.2 Å². The second-order valence-corrected chi connectivity index (χ2v) is 10.5. The van der Waals surface area contributed by atoms with Crippen LogP contribution in [0, 0.1) is 5.92 Å². The summed E-state index contributed by atoms with van der Waals surface area (Å²) in [7, 11) is 3.46. The number of carboxylic acid groups (broad SMARTS) is 1. The number of likely N-dealkylation sites (tertiary alicyclic amines) is 1. The quantitative estimate of drug-likeness (QED) is 0.245. The summed E-state index contributed by atoms with van der Waals surface area (Å²) in [6, 6.07) is 0. The van der Waals surface area contributed by atoms with Gasteiger partial charge in [0, 0.05) is 36.0 Å². The lowest BCUT2D eigenvalue weighted by molar-refractivity contribution is -0.893. The molecule has 2 saturated heterocycles. The number of likely N-dealkylation sites (N-methyl/N-ethyl adjacent to an activating group) is 1. The van der Waals surface area contributed by atoms with Gasteiger partial charge in [-0.05, 0) is 0 Å². The number of anilines is 1. The van der Waals surface area contributed by atoms with Gasteiger partial charge in [-0.3, -0.25) is 14.5 Å². The first-order chi connectivity index (χ1) is 15.2. The number of Topliss-reactive ketones (excluding diaryl/α,β-unsaturated/α-hetero) is 1. The Labute approximate surface area is 193 Å². The number of carbonyl (C=O) groups is 3. The van der Waals surface area contributed by atoms with Crippen LogP contribution < -0.4 is 5.73 Å². The van der Waals surface area contributed by atoms with E-state index in [2.05, 4.69) is 17.2 Å². The number of nitrogens with two attached hydrogens (primary N) is 1. The van der Waals surface area contributed by atoms with Crippen molar-refractivity contribution in [3.05, 3.63) is 22.3 Å². The van der Waals surface area contributed by atoms with Crippen molar-refractivity contribution >= 4 is 51.6 Å². The van der Waals surface area contributed by atoms with E-state index in [1.807, 2.05) is 0 Å². The van der Waals surface area contributed by atoms with Crippen LogP contribution in [0.4, 0.5) is 5.13 Å². The molecule has 2 unspecified atom stereocenters. The van der Waals surface area contributed by atoms with Crippen molar-refractivity contribution < 1.29 is 28.8 Å². The molecule has 0 aromatic carbocycles. The normalized spacial score (nSPS) is 24.9. The number of nitrogens with zero attached hydrogens (tertiary/aromatic N) is 4. The first-order valence-corrected chi connectivity index (χ1v) is 12.3. The number of hydrogen-bond donors (Lipinski definition) is 2. The predicted octanol–water partition coefficient (Wildman–Crippen LogP) is 1.15. The summed E-state index contributed by atoms with van der Waals surface area (Å²) in [4.78, 5) is 48.2. The van der Waals surface area contributed by atoms with E-state index in [1.165, 1.54) is 35.1 Å². The maximum Gasteiger partial charge on any atom is 0.352 e. The molecule has 3 N–H and O–H groups in total. The van der Waals surface area contributed by atoms with E-state index in [9.17, 15) is 19.5 Å². The molecule has 3 aliphatic heterocycles. The Balaban J connectivity index is 1.52. The molecule has 1 aromatic rings. The first-order valence-electron chi connectivity index (χ1n) is 10.3. The van der Waals surface area contributed by atoms with Crippen molar-refractivity contribution in [2.45, 2.75) is 24.6 Å². The lowest BCUT2D eigenvalue weighted by Gasteiger charge is -2.50. The smallest absolute Gasteiger partial charge is 0.352 e. The fourth-order valence-electron chi connectivity index (χ4n) is 4.68. The fourth-order valence-corrected chi connectivity index (χ4v) is 6.63. The molecule has 1 aromatic heterocycles. The monoisotopic (exact) mass is 480 g/mol. The fraction of sp³-hybridized carbons (Fsp3) is 0.550. The van der Waals surface area contributed by atoms with E-state index in [4.69, 9.17) is 10.6 Å².